The minimum Gasteiger partial charge on any atom is -0.465 e. The first-order valence-electron chi connectivity index (χ1n) is 5.35. The monoisotopic (exact) mass is 205 g/mol. The maximum absolute atomic E-state index is 11.3. The van der Waals surface area contributed by atoms with Crippen molar-refractivity contribution in [1.29, 1.82) is 0 Å². The van der Waals surface area contributed by atoms with Gasteiger partial charge in [-0.2, -0.15) is 0 Å². The predicted molar refractivity (Wildman–Crippen MR) is 56.8 cm³/mol. The van der Waals surface area contributed by atoms with E-state index in [1.807, 2.05) is 6.07 Å². The topological polar surface area (TPSA) is 39.2 Å². The van der Waals surface area contributed by atoms with Gasteiger partial charge in [-0.25, -0.2) is 4.79 Å². The molecular formula is C12H15NO2. The van der Waals surface area contributed by atoms with Crippen molar-refractivity contribution in [3.05, 3.63) is 29.6 Å². The van der Waals surface area contributed by atoms with E-state index in [1.54, 1.807) is 12.3 Å². The molecule has 0 saturated heterocycles. The summed E-state index contributed by atoms with van der Waals surface area (Å²) in [6, 6.07) is 3.56. The Labute approximate surface area is 89.5 Å². The van der Waals surface area contributed by atoms with E-state index in [0.717, 1.165) is 5.69 Å². The summed E-state index contributed by atoms with van der Waals surface area (Å²) in [5.41, 5.74) is 1.64. The Bertz CT molecular complexity index is 356. The van der Waals surface area contributed by atoms with Gasteiger partial charge in [0.15, 0.2) is 0 Å². The van der Waals surface area contributed by atoms with Crippen LogP contribution in [0.1, 0.15) is 47.7 Å². The fraction of sp³-hybridized carbons (Fsp3) is 0.500. The molecule has 1 fully saturated rings. The van der Waals surface area contributed by atoms with Crippen molar-refractivity contribution >= 4 is 5.97 Å². The number of carbonyl (C=O) groups excluding carboxylic acids is 1. The highest BCUT2D eigenvalue weighted by molar-refractivity contribution is 5.89. The average molecular weight is 205 g/mol. The number of esters is 1. The third-order valence-electron chi connectivity index (χ3n) is 2.98. The highest BCUT2D eigenvalue weighted by atomic mass is 16.5. The molecule has 1 saturated carbocycles. The number of carbonyl (C=O) groups is 1. The Kier molecular flexibility index (Phi) is 2.99. The van der Waals surface area contributed by atoms with Crippen LogP contribution in [0.2, 0.25) is 0 Å². The van der Waals surface area contributed by atoms with Crippen LogP contribution < -0.4 is 0 Å². The van der Waals surface area contributed by atoms with Gasteiger partial charge in [0.2, 0.25) is 0 Å². The number of ether oxygens (including phenoxy) is 1. The van der Waals surface area contributed by atoms with Gasteiger partial charge < -0.3 is 4.74 Å². The van der Waals surface area contributed by atoms with Gasteiger partial charge in [0.05, 0.1) is 12.7 Å². The highest BCUT2D eigenvalue weighted by Gasteiger charge is 2.19. The van der Waals surface area contributed by atoms with Crippen LogP contribution in [-0.4, -0.2) is 18.1 Å². The lowest BCUT2D eigenvalue weighted by atomic mass is 10.0. The minimum absolute atomic E-state index is 0.281. The quantitative estimate of drug-likeness (QED) is 0.696. The molecule has 0 atom stereocenters. The summed E-state index contributed by atoms with van der Waals surface area (Å²) in [7, 11) is 1.40. The van der Waals surface area contributed by atoms with Crippen molar-refractivity contribution in [2.75, 3.05) is 7.11 Å². The van der Waals surface area contributed by atoms with Crippen LogP contribution in [-0.2, 0) is 4.74 Å². The van der Waals surface area contributed by atoms with Gasteiger partial charge in [-0.1, -0.05) is 12.8 Å². The van der Waals surface area contributed by atoms with Gasteiger partial charge in [0.1, 0.15) is 0 Å². The lowest BCUT2D eigenvalue weighted by Gasteiger charge is -2.08. The zero-order valence-corrected chi connectivity index (χ0v) is 8.90. The molecule has 3 heteroatoms. The second-order valence-corrected chi connectivity index (χ2v) is 3.94. The zero-order valence-electron chi connectivity index (χ0n) is 8.90. The molecule has 0 N–H and O–H groups in total. The molecule has 0 aliphatic heterocycles. The molecule has 0 aromatic carbocycles. The molecule has 0 radical (unpaired) electrons. The number of nitrogens with zero attached hydrogens (tertiary/aromatic N) is 1. The van der Waals surface area contributed by atoms with Gasteiger partial charge in [0.25, 0.3) is 0 Å². The zero-order chi connectivity index (χ0) is 10.7. The van der Waals surface area contributed by atoms with Crippen molar-refractivity contribution in [2.24, 2.45) is 0 Å². The Balaban J connectivity index is 2.21. The van der Waals surface area contributed by atoms with E-state index in [2.05, 4.69) is 9.72 Å². The van der Waals surface area contributed by atoms with Crippen LogP contribution in [0.15, 0.2) is 18.3 Å². The molecule has 3 nitrogen and oxygen atoms in total. The van der Waals surface area contributed by atoms with E-state index in [4.69, 9.17) is 0 Å². The predicted octanol–water partition coefficient (Wildman–Crippen LogP) is 2.53. The summed E-state index contributed by atoms with van der Waals surface area (Å²) in [5, 5.41) is 0. The van der Waals surface area contributed by atoms with E-state index in [1.165, 1.54) is 32.8 Å². The van der Waals surface area contributed by atoms with Crippen molar-refractivity contribution in [1.82, 2.24) is 4.98 Å². The second kappa shape index (κ2) is 4.43. The number of aromatic nitrogens is 1. The smallest absolute Gasteiger partial charge is 0.337 e. The first kappa shape index (κ1) is 10.1. The summed E-state index contributed by atoms with van der Waals surface area (Å²) in [4.78, 5) is 15.7. The third kappa shape index (κ3) is 2.17. The first-order valence-corrected chi connectivity index (χ1v) is 5.35. The van der Waals surface area contributed by atoms with Crippen LogP contribution in [0.4, 0.5) is 0 Å². The Morgan fingerprint density at radius 1 is 1.47 bits per heavy atom. The molecule has 1 aliphatic rings. The van der Waals surface area contributed by atoms with Gasteiger partial charge in [0, 0.05) is 17.8 Å². The molecule has 1 aliphatic carbocycles. The van der Waals surface area contributed by atoms with Gasteiger partial charge >= 0.3 is 5.97 Å². The number of methoxy groups -OCH3 is 1. The Hall–Kier alpha value is -1.38. The maximum Gasteiger partial charge on any atom is 0.337 e. The van der Waals surface area contributed by atoms with E-state index in [0.29, 0.717) is 11.5 Å². The summed E-state index contributed by atoms with van der Waals surface area (Å²) < 4.78 is 4.69. The molecule has 0 spiro atoms. The fourth-order valence-electron chi connectivity index (χ4n) is 2.14. The molecule has 2 rings (SSSR count). The number of pyridine rings is 1. The van der Waals surface area contributed by atoms with Crippen molar-refractivity contribution in [3.8, 4) is 0 Å². The molecule has 1 aromatic heterocycles. The Morgan fingerprint density at radius 3 is 2.87 bits per heavy atom. The largest absolute Gasteiger partial charge is 0.465 e. The van der Waals surface area contributed by atoms with Gasteiger partial charge in [-0.15, -0.1) is 0 Å². The van der Waals surface area contributed by atoms with Gasteiger partial charge in [-0.05, 0) is 25.0 Å². The maximum atomic E-state index is 11.3. The van der Waals surface area contributed by atoms with Gasteiger partial charge in [-0.3, -0.25) is 4.98 Å². The molecule has 80 valence electrons. The van der Waals surface area contributed by atoms with Crippen LogP contribution in [0.3, 0.4) is 0 Å². The molecule has 0 unspecified atom stereocenters. The molecule has 1 heterocycles. The standard InChI is InChI=1S/C12H15NO2/c1-15-12(14)10-6-7-13-11(8-10)9-4-2-3-5-9/h6-9H,2-5H2,1H3. The second-order valence-electron chi connectivity index (χ2n) is 3.94. The fourth-order valence-corrected chi connectivity index (χ4v) is 2.14. The molecular weight excluding hydrogens is 190 g/mol. The number of hydrogen-bond acceptors (Lipinski definition) is 3. The lowest BCUT2D eigenvalue weighted by Crippen LogP contribution is -2.04. The summed E-state index contributed by atoms with van der Waals surface area (Å²) in [6.07, 6.45) is 6.62. The Morgan fingerprint density at radius 2 is 2.20 bits per heavy atom. The number of rotatable bonds is 2. The average Bonchev–Trinajstić information content (AvgIpc) is 2.82. The SMILES string of the molecule is COC(=O)c1ccnc(C2CCCC2)c1. The number of hydrogen-bond donors (Lipinski definition) is 0. The van der Waals surface area contributed by atoms with E-state index in [9.17, 15) is 4.79 Å². The molecule has 15 heavy (non-hydrogen) atoms. The van der Waals surface area contributed by atoms with Crippen LogP contribution >= 0.6 is 0 Å². The third-order valence-corrected chi connectivity index (χ3v) is 2.98. The van der Waals surface area contributed by atoms with Crippen LogP contribution in [0.5, 0.6) is 0 Å². The van der Waals surface area contributed by atoms with Crippen LogP contribution in [0, 0.1) is 0 Å². The summed E-state index contributed by atoms with van der Waals surface area (Å²) in [6.45, 7) is 0. The van der Waals surface area contributed by atoms with E-state index >= 15 is 0 Å². The molecule has 1 aromatic rings. The highest BCUT2D eigenvalue weighted by Crippen LogP contribution is 2.33. The first-order chi connectivity index (χ1) is 7.31. The minimum atomic E-state index is -0.281. The van der Waals surface area contributed by atoms with Crippen molar-refractivity contribution in [3.63, 3.8) is 0 Å². The lowest BCUT2D eigenvalue weighted by molar-refractivity contribution is 0.0600. The normalized spacial score (nSPS) is 16.6. The van der Waals surface area contributed by atoms with Crippen molar-refractivity contribution < 1.29 is 9.53 Å². The van der Waals surface area contributed by atoms with E-state index in [-0.39, 0.29) is 5.97 Å². The molecule has 0 amide bonds. The molecule has 0 bridgehead atoms. The van der Waals surface area contributed by atoms with E-state index < -0.39 is 0 Å². The van der Waals surface area contributed by atoms with Crippen molar-refractivity contribution in [2.45, 2.75) is 31.6 Å². The summed E-state index contributed by atoms with van der Waals surface area (Å²) in [5.74, 6) is 0.256. The summed E-state index contributed by atoms with van der Waals surface area (Å²) >= 11 is 0. The van der Waals surface area contributed by atoms with Crippen LogP contribution in [0.25, 0.3) is 0 Å².